The summed E-state index contributed by atoms with van der Waals surface area (Å²) in [6.07, 6.45) is 15.3. The zero-order chi connectivity index (χ0) is 21.7. The molecule has 9 atom stereocenters. The van der Waals surface area contributed by atoms with E-state index < -0.39 is 0 Å². The molecular weight excluding hydrogens is 370 g/mol. The van der Waals surface area contributed by atoms with Gasteiger partial charge in [0.05, 0.1) is 0 Å². The van der Waals surface area contributed by atoms with E-state index in [1.165, 1.54) is 57.8 Å². The standard InChI is InChI=1S/C27H47NO2/c1-18(2)7-6-8-19(3)23-11-12-24-22-10-9-20-17-21(28(29)30)13-15-26(20,4)25(22)14-16-27(23,24)5/h18-25H,6-17H2,1-5H3/t19-,20-,21-,22+,23+,24-,25+,26+,27-/m1/s1. The van der Waals surface area contributed by atoms with Crippen molar-refractivity contribution in [3.63, 3.8) is 0 Å². The van der Waals surface area contributed by atoms with Gasteiger partial charge in [-0.05, 0) is 97.2 Å². The van der Waals surface area contributed by atoms with Crippen LogP contribution in [0.15, 0.2) is 0 Å². The van der Waals surface area contributed by atoms with Crippen molar-refractivity contribution in [3.05, 3.63) is 10.1 Å². The molecule has 4 aliphatic carbocycles. The zero-order valence-corrected chi connectivity index (χ0v) is 20.4. The summed E-state index contributed by atoms with van der Waals surface area (Å²) < 4.78 is 0. The number of hydrogen-bond acceptors (Lipinski definition) is 2. The van der Waals surface area contributed by atoms with Gasteiger partial charge in [-0.15, -0.1) is 0 Å². The van der Waals surface area contributed by atoms with Gasteiger partial charge in [-0.2, -0.15) is 0 Å². The van der Waals surface area contributed by atoms with E-state index >= 15 is 0 Å². The van der Waals surface area contributed by atoms with Crippen LogP contribution in [0.1, 0.15) is 112 Å². The van der Waals surface area contributed by atoms with Crippen molar-refractivity contribution in [1.82, 2.24) is 0 Å². The largest absolute Gasteiger partial charge is 0.264 e. The lowest BCUT2D eigenvalue weighted by atomic mass is 9.44. The second kappa shape index (κ2) is 8.39. The first-order valence-electron chi connectivity index (χ1n) is 13.3. The molecule has 0 spiro atoms. The minimum absolute atomic E-state index is 0.0197. The Morgan fingerprint density at radius 2 is 1.60 bits per heavy atom. The predicted octanol–water partition coefficient (Wildman–Crippen LogP) is 7.75. The fraction of sp³-hybridized carbons (Fsp3) is 1.00. The second-order valence-electron chi connectivity index (χ2n) is 12.9. The van der Waals surface area contributed by atoms with E-state index in [2.05, 4.69) is 34.6 Å². The summed E-state index contributed by atoms with van der Waals surface area (Å²) >= 11 is 0. The van der Waals surface area contributed by atoms with Crippen molar-refractivity contribution in [2.75, 3.05) is 0 Å². The number of rotatable bonds is 6. The Morgan fingerprint density at radius 3 is 2.30 bits per heavy atom. The summed E-state index contributed by atoms with van der Waals surface area (Å²) in [5.74, 6) is 5.87. The van der Waals surface area contributed by atoms with Crippen LogP contribution in [0.4, 0.5) is 0 Å². The van der Waals surface area contributed by atoms with Gasteiger partial charge in [0.15, 0.2) is 0 Å². The lowest BCUT2D eigenvalue weighted by Gasteiger charge is -2.60. The molecular formula is C27H47NO2. The quantitative estimate of drug-likeness (QED) is 0.327. The third kappa shape index (κ3) is 3.75. The summed E-state index contributed by atoms with van der Waals surface area (Å²) in [5, 5.41) is 11.4. The Kier molecular flexibility index (Phi) is 6.32. The van der Waals surface area contributed by atoms with Crippen molar-refractivity contribution < 1.29 is 4.92 Å². The number of nitro groups is 1. The monoisotopic (exact) mass is 417 g/mol. The molecule has 172 valence electrons. The van der Waals surface area contributed by atoms with Gasteiger partial charge in [0.2, 0.25) is 6.04 Å². The van der Waals surface area contributed by atoms with Crippen molar-refractivity contribution in [2.24, 2.45) is 52.3 Å². The average molecular weight is 418 g/mol. The zero-order valence-electron chi connectivity index (χ0n) is 20.4. The van der Waals surface area contributed by atoms with Crippen LogP contribution in [0.5, 0.6) is 0 Å². The summed E-state index contributed by atoms with van der Waals surface area (Å²) in [7, 11) is 0. The summed E-state index contributed by atoms with van der Waals surface area (Å²) in [5.41, 5.74) is 0.928. The Balaban J connectivity index is 1.45. The minimum atomic E-state index is -0.268. The van der Waals surface area contributed by atoms with Crippen molar-refractivity contribution >= 4 is 0 Å². The lowest BCUT2D eigenvalue weighted by molar-refractivity contribution is -0.531. The summed E-state index contributed by atoms with van der Waals surface area (Å²) in [6.45, 7) is 12.5. The van der Waals surface area contributed by atoms with Gasteiger partial charge >= 0.3 is 0 Å². The highest BCUT2D eigenvalue weighted by Gasteiger charge is 2.61. The topological polar surface area (TPSA) is 43.1 Å². The minimum Gasteiger partial charge on any atom is -0.264 e. The van der Waals surface area contributed by atoms with Crippen LogP contribution in [-0.4, -0.2) is 11.0 Å². The maximum absolute atomic E-state index is 11.4. The van der Waals surface area contributed by atoms with Crippen molar-refractivity contribution in [2.45, 2.75) is 118 Å². The molecule has 30 heavy (non-hydrogen) atoms. The molecule has 4 saturated carbocycles. The van der Waals surface area contributed by atoms with E-state index in [4.69, 9.17) is 0 Å². The highest BCUT2D eigenvalue weighted by molar-refractivity contribution is 5.09. The van der Waals surface area contributed by atoms with Gasteiger partial charge in [0, 0.05) is 17.8 Å². The number of nitrogens with zero attached hydrogens (tertiary/aromatic N) is 1. The van der Waals surface area contributed by atoms with Crippen LogP contribution in [0.3, 0.4) is 0 Å². The number of fused-ring (bicyclic) bond motifs is 5. The molecule has 0 saturated heterocycles. The van der Waals surface area contributed by atoms with E-state index in [1.54, 1.807) is 0 Å². The third-order valence-electron chi connectivity index (χ3n) is 11.1. The molecule has 0 unspecified atom stereocenters. The summed E-state index contributed by atoms with van der Waals surface area (Å²) in [4.78, 5) is 11.4. The predicted molar refractivity (Wildman–Crippen MR) is 124 cm³/mol. The summed E-state index contributed by atoms with van der Waals surface area (Å²) in [6, 6.07) is -0.268. The first kappa shape index (κ1) is 22.6. The molecule has 0 bridgehead atoms. The molecule has 0 heterocycles. The Bertz CT molecular complexity index is 632. The highest BCUT2D eigenvalue weighted by Crippen LogP contribution is 2.68. The lowest BCUT2D eigenvalue weighted by Crippen LogP contribution is -2.54. The molecule has 4 rings (SSSR count). The normalized spacial score (nSPS) is 46.7. The second-order valence-corrected chi connectivity index (χ2v) is 12.9. The Morgan fingerprint density at radius 1 is 0.900 bits per heavy atom. The first-order chi connectivity index (χ1) is 14.2. The molecule has 0 aromatic rings. The van der Waals surface area contributed by atoms with E-state index in [9.17, 15) is 10.1 Å². The maximum Gasteiger partial charge on any atom is 0.213 e. The number of hydrogen-bond donors (Lipinski definition) is 0. The van der Waals surface area contributed by atoms with E-state index in [1.807, 2.05) is 0 Å². The molecule has 0 aromatic carbocycles. The Labute approximate surface area is 185 Å². The van der Waals surface area contributed by atoms with Crippen LogP contribution < -0.4 is 0 Å². The van der Waals surface area contributed by atoms with E-state index in [-0.39, 0.29) is 11.0 Å². The van der Waals surface area contributed by atoms with Crippen LogP contribution in [0.25, 0.3) is 0 Å². The van der Waals surface area contributed by atoms with Crippen LogP contribution in [-0.2, 0) is 0 Å². The molecule has 3 heteroatoms. The highest BCUT2D eigenvalue weighted by atomic mass is 16.6. The van der Waals surface area contributed by atoms with Crippen LogP contribution >= 0.6 is 0 Å². The first-order valence-corrected chi connectivity index (χ1v) is 13.3. The molecule has 3 nitrogen and oxygen atoms in total. The van der Waals surface area contributed by atoms with Crippen molar-refractivity contribution in [3.8, 4) is 0 Å². The van der Waals surface area contributed by atoms with Gasteiger partial charge in [-0.1, -0.05) is 53.9 Å². The molecule has 0 aliphatic heterocycles. The molecule has 0 radical (unpaired) electrons. The molecule has 0 amide bonds. The maximum atomic E-state index is 11.4. The van der Waals surface area contributed by atoms with E-state index in [0.717, 1.165) is 54.8 Å². The molecule has 4 aliphatic rings. The van der Waals surface area contributed by atoms with E-state index in [0.29, 0.717) is 16.7 Å². The fourth-order valence-electron chi connectivity index (χ4n) is 9.45. The van der Waals surface area contributed by atoms with Crippen LogP contribution in [0.2, 0.25) is 0 Å². The average Bonchev–Trinajstić information content (AvgIpc) is 3.04. The SMILES string of the molecule is CC(C)CCC[C@@H](C)[C@@H]1CC[C@@H]2[C@@H]3CC[C@@H]4C[C@H]([N+](=O)[O-])CC[C@]4(C)[C@H]3CC[C@@]21C. The van der Waals surface area contributed by atoms with Crippen molar-refractivity contribution in [1.29, 1.82) is 0 Å². The van der Waals surface area contributed by atoms with Gasteiger partial charge in [-0.3, -0.25) is 10.1 Å². The molecule has 0 N–H and O–H groups in total. The smallest absolute Gasteiger partial charge is 0.213 e. The molecule has 0 aromatic heterocycles. The van der Waals surface area contributed by atoms with Gasteiger partial charge in [0.25, 0.3) is 0 Å². The van der Waals surface area contributed by atoms with Crippen LogP contribution in [0, 0.1) is 62.4 Å². The van der Waals surface area contributed by atoms with Gasteiger partial charge in [-0.25, -0.2) is 0 Å². The fourth-order valence-corrected chi connectivity index (χ4v) is 9.45. The Hall–Kier alpha value is -0.600. The van der Waals surface area contributed by atoms with Gasteiger partial charge in [0.1, 0.15) is 0 Å². The van der Waals surface area contributed by atoms with Gasteiger partial charge < -0.3 is 0 Å². The third-order valence-corrected chi connectivity index (χ3v) is 11.1. The molecule has 4 fully saturated rings.